The van der Waals surface area contributed by atoms with Crippen molar-refractivity contribution < 1.29 is 31.9 Å². The van der Waals surface area contributed by atoms with Gasteiger partial charge in [-0.2, -0.15) is 11.8 Å². The van der Waals surface area contributed by atoms with Crippen LogP contribution in [0.3, 0.4) is 0 Å². The van der Waals surface area contributed by atoms with Crippen molar-refractivity contribution in [3.63, 3.8) is 0 Å². The summed E-state index contributed by atoms with van der Waals surface area (Å²) in [4.78, 5) is 0. The summed E-state index contributed by atoms with van der Waals surface area (Å²) in [5.41, 5.74) is 15.8. The smallest absolute Gasteiger partial charge is 0.507 e. The van der Waals surface area contributed by atoms with E-state index in [1.807, 2.05) is 146 Å². The van der Waals surface area contributed by atoms with Crippen molar-refractivity contribution in [1.29, 1.82) is 0 Å². The number of hydrogen-bond donors (Lipinski definition) is 2. The average Bonchev–Trinajstić information content (AvgIpc) is 3.43. The van der Waals surface area contributed by atoms with Crippen LogP contribution in [0.5, 0.6) is 11.5 Å². The second kappa shape index (κ2) is 24.4. The number of hydrogen-bond acceptors (Lipinski definition) is 2. The van der Waals surface area contributed by atoms with Crippen LogP contribution < -0.4 is 0 Å². The Morgan fingerprint density at radius 2 is 0.437 bits per heavy atom. The van der Waals surface area contributed by atoms with E-state index in [4.69, 9.17) is 0 Å². The Bertz CT molecular complexity index is 2780. The number of benzene rings is 10. The molecule has 0 aromatic heterocycles. The van der Waals surface area contributed by atoms with Crippen molar-refractivity contribution >= 4 is 0 Å². The van der Waals surface area contributed by atoms with Crippen molar-refractivity contribution in [2.45, 2.75) is 25.7 Å². The van der Waals surface area contributed by atoms with Crippen molar-refractivity contribution in [3.8, 4) is 101 Å². The topological polar surface area (TPSA) is 40.5 Å². The predicted octanol–water partition coefficient (Wildman–Crippen LogP) is 18.6. The zero-order valence-electron chi connectivity index (χ0n) is 40.0. The Balaban J connectivity index is 0.000000163. The molecule has 346 valence electrons. The molecule has 10 aromatic carbocycles. The Morgan fingerprint density at radius 1 is 0.268 bits per heavy atom. The maximum atomic E-state index is 11.8. The molecule has 0 radical (unpaired) electrons. The van der Waals surface area contributed by atoms with E-state index in [0.29, 0.717) is 23.3 Å². The van der Waals surface area contributed by atoms with Gasteiger partial charge in [0.15, 0.2) is 0 Å². The summed E-state index contributed by atoms with van der Waals surface area (Å²) in [7, 11) is 0. The monoisotopic (exact) mass is 954 g/mol. The van der Waals surface area contributed by atoms with Gasteiger partial charge in [0.1, 0.15) is 11.5 Å². The van der Waals surface area contributed by atoms with Crippen LogP contribution in [-0.4, -0.2) is 10.2 Å². The molecule has 1 saturated carbocycles. The quantitative estimate of drug-likeness (QED) is 0.118. The fraction of sp³-hybridized carbons (Fsp3) is 0.0882. The Morgan fingerprint density at radius 3 is 0.606 bits per heavy atom. The maximum absolute atomic E-state index is 11.8. The molecule has 0 heterocycles. The van der Waals surface area contributed by atoms with Crippen LogP contribution in [0.4, 0.5) is 0 Å². The molecule has 2 atom stereocenters. The molecule has 10 aromatic rings. The first-order valence-corrected chi connectivity index (χ1v) is 24.4. The SMILES string of the molecule is Oc1c(-c2ccccc2)c(-c2ccccc2)cc(-c2ccccc2)c1-c1ccccc1.Oc1c(-c2ccccc2)c(-c2ccccc2)cc(-c2ccccc2)c1-c1ccccc1.[CH2-]C1CCCCC1[CH2-].[Ti+2]. The fourth-order valence-corrected chi connectivity index (χ4v) is 9.59. The minimum absolute atomic E-state index is 0. The van der Waals surface area contributed by atoms with Gasteiger partial charge < -0.3 is 24.1 Å². The molecule has 11 rings (SSSR count). The molecule has 1 aliphatic carbocycles. The van der Waals surface area contributed by atoms with E-state index >= 15 is 0 Å². The largest absolute Gasteiger partial charge is 2.00 e. The van der Waals surface area contributed by atoms with Gasteiger partial charge in [-0.25, -0.2) is 0 Å². The van der Waals surface area contributed by atoms with Crippen molar-refractivity contribution in [2.75, 3.05) is 0 Å². The van der Waals surface area contributed by atoms with E-state index in [9.17, 15) is 10.2 Å². The van der Waals surface area contributed by atoms with Crippen LogP contribution in [0.1, 0.15) is 25.7 Å². The van der Waals surface area contributed by atoms with Crippen LogP contribution in [0.15, 0.2) is 255 Å². The van der Waals surface area contributed by atoms with E-state index in [0.717, 1.165) is 89.0 Å². The molecule has 0 bridgehead atoms. The molecule has 1 fully saturated rings. The summed E-state index contributed by atoms with van der Waals surface area (Å²) < 4.78 is 0. The Labute approximate surface area is 435 Å². The van der Waals surface area contributed by atoms with Gasteiger partial charge in [0, 0.05) is 22.3 Å². The average molecular weight is 955 g/mol. The third-order valence-corrected chi connectivity index (χ3v) is 13.3. The third-order valence-electron chi connectivity index (χ3n) is 13.3. The van der Waals surface area contributed by atoms with E-state index in [1.54, 1.807) is 0 Å². The number of aromatic hydroxyl groups is 2. The van der Waals surface area contributed by atoms with Crippen molar-refractivity contribution in [1.82, 2.24) is 0 Å². The van der Waals surface area contributed by atoms with E-state index in [-0.39, 0.29) is 21.7 Å². The molecule has 0 amide bonds. The van der Waals surface area contributed by atoms with Gasteiger partial charge in [0.25, 0.3) is 0 Å². The molecular formula is C68H58O2Ti. The van der Waals surface area contributed by atoms with Gasteiger partial charge in [-0.1, -0.05) is 268 Å². The van der Waals surface area contributed by atoms with Gasteiger partial charge in [0.2, 0.25) is 0 Å². The minimum atomic E-state index is 0. The molecule has 2 unspecified atom stereocenters. The van der Waals surface area contributed by atoms with Crippen LogP contribution in [-0.2, 0) is 21.7 Å². The molecule has 0 spiro atoms. The van der Waals surface area contributed by atoms with Crippen LogP contribution >= 0.6 is 0 Å². The summed E-state index contributed by atoms with van der Waals surface area (Å²) in [6.45, 7) is 8.03. The first kappa shape index (κ1) is 49.9. The maximum Gasteiger partial charge on any atom is 2.00 e. The van der Waals surface area contributed by atoms with Crippen LogP contribution in [0.25, 0.3) is 89.0 Å². The summed E-state index contributed by atoms with van der Waals surface area (Å²) in [6, 6.07) is 86.1. The predicted molar refractivity (Wildman–Crippen MR) is 296 cm³/mol. The third kappa shape index (κ3) is 11.8. The van der Waals surface area contributed by atoms with Gasteiger partial charge >= 0.3 is 21.7 Å². The fourth-order valence-electron chi connectivity index (χ4n) is 9.59. The zero-order chi connectivity index (χ0) is 48.1. The van der Waals surface area contributed by atoms with Gasteiger partial charge in [-0.15, -0.1) is 0 Å². The second-order valence-electron chi connectivity index (χ2n) is 17.9. The second-order valence-corrected chi connectivity index (χ2v) is 17.9. The molecule has 2 N–H and O–H groups in total. The Hall–Kier alpha value is -7.49. The molecule has 2 nitrogen and oxygen atoms in total. The summed E-state index contributed by atoms with van der Waals surface area (Å²) >= 11 is 0. The summed E-state index contributed by atoms with van der Waals surface area (Å²) in [5.74, 6) is 1.89. The summed E-state index contributed by atoms with van der Waals surface area (Å²) in [6.07, 6.45) is 5.35. The molecule has 1 aliphatic rings. The van der Waals surface area contributed by atoms with E-state index in [1.165, 1.54) is 25.7 Å². The molecule has 0 aliphatic heterocycles. The van der Waals surface area contributed by atoms with Crippen molar-refractivity contribution in [2.24, 2.45) is 11.8 Å². The molecule has 0 saturated heterocycles. The molecule has 71 heavy (non-hydrogen) atoms. The van der Waals surface area contributed by atoms with Crippen LogP contribution in [0, 0.1) is 25.7 Å². The van der Waals surface area contributed by atoms with Crippen LogP contribution in [0.2, 0.25) is 0 Å². The molecular weight excluding hydrogens is 897 g/mol. The van der Waals surface area contributed by atoms with E-state index in [2.05, 4.69) is 123 Å². The first-order valence-electron chi connectivity index (χ1n) is 24.4. The van der Waals surface area contributed by atoms with Gasteiger partial charge in [-0.05, 0) is 78.9 Å². The summed E-state index contributed by atoms with van der Waals surface area (Å²) in [5, 5.41) is 23.6. The minimum Gasteiger partial charge on any atom is -0.507 e. The standard InChI is InChI=1S/2C30H22O.C8H14.Ti/c2*31-30-28(24-17-9-3-10-18-24)26(22-13-5-1-6-14-22)21-27(23-15-7-2-8-16-23)29(30)25-19-11-4-12-20-25;1-7-5-3-4-6-8(7)2;/h2*1-21,31H;7-8H,1-6H2;/q;;-2;+2. The number of phenolic OH excluding ortho intramolecular Hbond substituents is 2. The van der Waals surface area contributed by atoms with Gasteiger partial charge in [0.05, 0.1) is 0 Å². The Kier molecular flexibility index (Phi) is 17.1. The normalized spacial score (nSPS) is 13.8. The number of rotatable bonds is 8. The van der Waals surface area contributed by atoms with Crippen molar-refractivity contribution in [3.05, 3.63) is 269 Å². The van der Waals surface area contributed by atoms with E-state index < -0.39 is 0 Å². The zero-order valence-corrected chi connectivity index (χ0v) is 41.6. The van der Waals surface area contributed by atoms with Gasteiger partial charge in [-0.3, -0.25) is 0 Å². The molecule has 3 heteroatoms. The first-order chi connectivity index (χ1) is 34.5. The number of phenols is 2.